The monoisotopic (exact) mass is 411 g/mol. The average molecular weight is 411 g/mol. The Morgan fingerprint density at radius 1 is 0.963 bits per heavy atom. The predicted octanol–water partition coefficient (Wildman–Crippen LogP) is 3.52. The molecule has 8 heteroatoms. The number of amides is 1. The van der Waals surface area contributed by atoms with Crippen LogP contribution in [0.4, 0.5) is 8.78 Å². The van der Waals surface area contributed by atoms with Gasteiger partial charge < -0.3 is 4.90 Å². The zero-order chi connectivity index (χ0) is 19.4. The van der Waals surface area contributed by atoms with Crippen LogP contribution in [-0.2, 0) is 14.6 Å². The highest BCUT2D eigenvalue weighted by atomic mass is 32.2. The van der Waals surface area contributed by atoms with E-state index < -0.39 is 20.9 Å². The number of hydrogen-bond donors (Lipinski definition) is 0. The third kappa shape index (κ3) is 4.87. The van der Waals surface area contributed by atoms with Crippen LogP contribution < -0.4 is 0 Å². The van der Waals surface area contributed by atoms with Crippen molar-refractivity contribution in [2.24, 2.45) is 0 Å². The van der Waals surface area contributed by atoms with Crippen molar-refractivity contribution in [3.8, 4) is 0 Å². The largest absolute Gasteiger partial charge is 0.342 e. The number of benzene rings is 2. The van der Waals surface area contributed by atoms with E-state index in [1.807, 2.05) is 0 Å². The molecule has 1 saturated heterocycles. The highest BCUT2D eigenvalue weighted by Gasteiger charge is 2.32. The van der Waals surface area contributed by atoms with Crippen molar-refractivity contribution in [2.45, 2.75) is 27.9 Å². The Morgan fingerprint density at radius 2 is 1.48 bits per heavy atom. The maximum absolute atomic E-state index is 13.0. The minimum atomic E-state index is -3.53. The first-order valence-electron chi connectivity index (χ1n) is 8.52. The number of carbonyl (C=O) groups excluding carboxylic acids is 1. The van der Waals surface area contributed by atoms with Crippen LogP contribution >= 0.6 is 11.8 Å². The molecule has 144 valence electrons. The molecule has 0 aliphatic carbocycles. The number of hydrogen-bond acceptors (Lipinski definition) is 4. The minimum absolute atomic E-state index is 0.0676. The number of piperidine rings is 1. The van der Waals surface area contributed by atoms with Gasteiger partial charge in [-0.25, -0.2) is 17.2 Å². The van der Waals surface area contributed by atoms with E-state index in [1.165, 1.54) is 36.0 Å². The predicted molar refractivity (Wildman–Crippen MR) is 100 cm³/mol. The maximum atomic E-state index is 13.0. The molecule has 0 atom stereocenters. The summed E-state index contributed by atoms with van der Waals surface area (Å²) < 4.78 is 51.2. The van der Waals surface area contributed by atoms with E-state index in [9.17, 15) is 22.0 Å². The molecule has 0 unspecified atom stereocenters. The average Bonchev–Trinajstić information content (AvgIpc) is 2.68. The second kappa shape index (κ2) is 8.39. The van der Waals surface area contributed by atoms with E-state index >= 15 is 0 Å². The van der Waals surface area contributed by atoms with Crippen molar-refractivity contribution in [1.29, 1.82) is 0 Å². The normalized spacial score (nSPS) is 15.7. The van der Waals surface area contributed by atoms with Gasteiger partial charge in [0, 0.05) is 18.0 Å². The molecule has 1 heterocycles. The lowest BCUT2D eigenvalue weighted by Crippen LogP contribution is -2.43. The summed E-state index contributed by atoms with van der Waals surface area (Å²) in [6.45, 7) is 0.738. The molecule has 3 rings (SSSR count). The maximum Gasteiger partial charge on any atom is 0.232 e. The second-order valence-corrected chi connectivity index (χ2v) is 9.60. The number of carbonyl (C=O) groups is 1. The van der Waals surface area contributed by atoms with E-state index in [-0.39, 0.29) is 22.4 Å². The summed E-state index contributed by atoms with van der Waals surface area (Å²) >= 11 is 1.32. The van der Waals surface area contributed by atoms with Gasteiger partial charge in [-0.05, 0) is 61.4 Å². The Labute approximate surface area is 161 Å². The summed E-state index contributed by atoms with van der Waals surface area (Å²) in [5, 5.41) is -0.572. The van der Waals surface area contributed by atoms with Crippen LogP contribution in [0.2, 0.25) is 0 Å². The molecule has 0 bridgehead atoms. The number of likely N-dealkylation sites (tertiary alicyclic amines) is 1. The topological polar surface area (TPSA) is 54.5 Å². The SMILES string of the molecule is O=C(CSc1ccc(F)cc1)N1CCC(S(=O)(=O)c2ccc(F)cc2)CC1. The summed E-state index contributed by atoms with van der Waals surface area (Å²) in [4.78, 5) is 14.9. The zero-order valence-corrected chi connectivity index (χ0v) is 16.1. The lowest BCUT2D eigenvalue weighted by molar-refractivity contribution is -0.129. The van der Waals surface area contributed by atoms with Gasteiger partial charge in [0.25, 0.3) is 0 Å². The standard InChI is InChI=1S/C19H19F2NO3S2/c20-14-1-5-16(6-2-14)26-13-19(23)22-11-9-18(10-12-22)27(24,25)17-7-3-15(21)4-8-17/h1-8,18H,9-13H2. The lowest BCUT2D eigenvalue weighted by atomic mass is 10.1. The van der Waals surface area contributed by atoms with Gasteiger partial charge in [-0.3, -0.25) is 4.79 Å². The molecule has 1 aliphatic heterocycles. The van der Waals surface area contributed by atoms with Crippen molar-refractivity contribution in [3.63, 3.8) is 0 Å². The van der Waals surface area contributed by atoms with E-state index in [0.717, 1.165) is 17.0 Å². The molecule has 0 saturated carbocycles. The van der Waals surface area contributed by atoms with Crippen molar-refractivity contribution in [3.05, 3.63) is 60.2 Å². The molecular weight excluding hydrogens is 392 g/mol. The molecule has 0 spiro atoms. The van der Waals surface area contributed by atoms with Crippen LogP contribution in [0.1, 0.15) is 12.8 Å². The van der Waals surface area contributed by atoms with Gasteiger partial charge in [-0.2, -0.15) is 0 Å². The number of rotatable bonds is 5. The number of thioether (sulfide) groups is 1. The van der Waals surface area contributed by atoms with Gasteiger partial charge in [0.1, 0.15) is 11.6 Å². The third-order valence-corrected chi connectivity index (χ3v) is 7.83. The highest BCUT2D eigenvalue weighted by molar-refractivity contribution is 8.00. The number of sulfone groups is 1. The Bertz CT molecular complexity index is 892. The van der Waals surface area contributed by atoms with Gasteiger partial charge in [0.05, 0.1) is 15.9 Å². The summed E-state index contributed by atoms with van der Waals surface area (Å²) in [6, 6.07) is 10.8. The zero-order valence-electron chi connectivity index (χ0n) is 14.5. The van der Waals surface area contributed by atoms with Crippen LogP contribution in [0.15, 0.2) is 58.3 Å². The summed E-state index contributed by atoms with van der Waals surface area (Å²) in [5.74, 6) is -0.647. The van der Waals surface area contributed by atoms with Gasteiger partial charge in [-0.1, -0.05) is 0 Å². The van der Waals surface area contributed by atoms with Crippen LogP contribution in [0, 0.1) is 11.6 Å². The minimum Gasteiger partial charge on any atom is -0.342 e. The first kappa shape index (κ1) is 19.8. The van der Waals surface area contributed by atoms with Crippen LogP contribution in [0.5, 0.6) is 0 Å². The smallest absolute Gasteiger partial charge is 0.232 e. The van der Waals surface area contributed by atoms with E-state index in [4.69, 9.17) is 0 Å². The molecule has 1 fully saturated rings. The van der Waals surface area contributed by atoms with Crippen molar-refractivity contribution < 1.29 is 22.0 Å². The summed E-state index contributed by atoms with van der Waals surface area (Å²) in [7, 11) is -3.53. The molecule has 1 aliphatic rings. The number of halogens is 2. The first-order chi connectivity index (χ1) is 12.9. The Hall–Kier alpha value is -1.93. The molecule has 0 radical (unpaired) electrons. The van der Waals surface area contributed by atoms with Gasteiger partial charge >= 0.3 is 0 Å². The van der Waals surface area contributed by atoms with Crippen LogP contribution in [-0.4, -0.2) is 43.3 Å². The van der Waals surface area contributed by atoms with Crippen LogP contribution in [0.3, 0.4) is 0 Å². The van der Waals surface area contributed by atoms with Crippen LogP contribution in [0.25, 0.3) is 0 Å². The molecule has 2 aromatic rings. The Balaban J connectivity index is 1.54. The molecule has 0 N–H and O–H groups in total. The third-order valence-electron chi connectivity index (χ3n) is 4.55. The van der Waals surface area contributed by atoms with Gasteiger partial charge in [0.15, 0.2) is 9.84 Å². The molecule has 27 heavy (non-hydrogen) atoms. The molecule has 0 aromatic heterocycles. The van der Waals surface area contributed by atoms with E-state index in [1.54, 1.807) is 17.0 Å². The molecule has 4 nitrogen and oxygen atoms in total. The van der Waals surface area contributed by atoms with E-state index in [0.29, 0.717) is 25.9 Å². The van der Waals surface area contributed by atoms with Gasteiger partial charge in [-0.15, -0.1) is 11.8 Å². The van der Waals surface area contributed by atoms with Crippen molar-refractivity contribution in [1.82, 2.24) is 4.90 Å². The van der Waals surface area contributed by atoms with Crippen molar-refractivity contribution >= 4 is 27.5 Å². The molecular formula is C19H19F2NO3S2. The molecule has 1 amide bonds. The second-order valence-electron chi connectivity index (χ2n) is 6.32. The van der Waals surface area contributed by atoms with Crippen molar-refractivity contribution in [2.75, 3.05) is 18.8 Å². The Kier molecular flexibility index (Phi) is 6.16. The number of nitrogens with zero attached hydrogens (tertiary/aromatic N) is 1. The highest BCUT2D eigenvalue weighted by Crippen LogP contribution is 2.26. The first-order valence-corrected chi connectivity index (χ1v) is 11.0. The lowest BCUT2D eigenvalue weighted by Gasteiger charge is -2.31. The fourth-order valence-corrected chi connectivity index (χ4v) is 5.53. The van der Waals surface area contributed by atoms with E-state index in [2.05, 4.69) is 0 Å². The summed E-state index contributed by atoms with van der Waals surface area (Å²) in [5.41, 5.74) is 0. The summed E-state index contributed by atoms with van der Waals surface area (Å²) in [6.07, 6.45) is 0.708. The van der Waals surface area contributed by atoms with Gasteiger partial charge in [0.2, 0.25) is 5.91 Å². The fraction of sp³-hybridized carbons (Fsp3) is 0.316. The Morgan fingerprint density at radius 3 is 2.04 bits per heavy atom. The molecule has 2 aromatic carbocycles. The fourth-order valence-electron chi connectivity index (χ4n) is 3.00. The quantitative estimate of drug-likeness (QED) is 0.558.